The third-order valence-electron chi connectivity index (χ3n) is 7.30. The number of amides is 1. The van der Waals surface area contributed by atoms with E-state index in [-0.39, 0.29) is 23.5 Å². The quantitative estimate of drug-likeness (QED) is 0.239. The molecule has 13 heteroatoms. The maximum Gasteiger partial charge on any atom is 0.326 e. The zero-order valence-corrected chi connectivity index (χ0v) is 23.8. The zero-order valence-electron chi connectivity index (χ0n) is 22.1. The van der Waals surface area contributed by atoms with E-state index in [2.05, 4.69) is 20.2 Å². The number of hydrogen-bond acceptors (Lipinski definition) is 8. The van der Waals surface area contributed by atoms with Crippen LogP contribution in [0.2, 0.25) is 0 Å². The zero-order chi connectivity index (χ0) is 28.6. The molecule has 7 rings (SSSR count). The fraction of sp³-hybridized carbons (Fsp3) is 0.207. The van der Waals surface area contributed by atoms with Crippen molar-refractivity contribution < 1.29 is 13.6 Å². The number of rotatable bonds is 7. The first-order valence-electron chi connectivity index (χ1n) is 13.4. The fourth-order valence-electron chi connectivity index (χ4n) is 5.28. The summed E-state index contributed by atoms with van der Waals surface area (Å²) in [5.74, 6) is 1.07. The maximum absolute atomic E-state index is 13.6. The second-order valence-electron chi connectivity index (χ2n) is 9.85. The molecule has 0 spiro atoms. The van der Waals surface area contributed by atoms with Gasteiger partial charge >= 0.3 is 5.69 Å². The van der Waals surface area contributed by atoms with Gasteiger partial charge in [-0.15, -0.1) is 21.5 Å². The highest BCUT2D eigenvalue weighted by Crippen LogP contribution is 2.31. The van der Waals surface area contributed by atoms with E-state index < -0.39 is 0 Å². The number of benzene rings is 2. The molecule has 1 fully saturated rings. The highest BCUT2D eigenvalue weighted by molar-refractivity contribution is 7.98. The van der Waals surface area contributed by atoms with Gasteiger partial charge in [0.2, 0.25) is 5.82 Å². The number of carbonyl (C=O) groups is 1. The number of aromatic nitrogens is 6. The van der Waals surface area contributed by atoms with Gasteiger partial charge in [0.15, 0.2) is 10.9 Å². The first-order valence-corrected chi connectivity index (χ1v) is 15.2. The molecule has 5 heterocycles. The van der Waals surface area contributed by atoms with Gasteiger partial charge < -0.3 is 14.3 Å². The fourth-order valence-corrected chi connectivity index (χ4v) is 7.02. The largest absolute Gasteiger partial charge is 0.461 e. The summed E-state index contributed by atoms with van der Waals surface area (Å²) in [5.41, 5.74) is 2.70. The third-order valence-corrected chi connectivity index (χ3v) is 9.27. The van der Waals surface area contributed by atoms with Crippen molar-refractivity contribution in [2.24, 2.45) is 0 Å². The van der Waals surface area contributed by atoms with Crippen molar-refractivity contribution in [3.63, 3.8) is 0 Å². The van der Waals surface area contributed by atoms with Gasteiger partial charge in [-0.1, -0.05) is 23.9 Å². The van der Waals surface area contributed by atoms with Gasteiger partial charge in [-0.25, -0.2) is 14.2 Å². The number of halogens is 1. The van der Waals surface area contributed by atoms with Crippen molar-refractivity contribution in [2.75, 3.05) is 13.1 Å². The molecule has 1 amide bonds. The second kappa shape index (κ2) is 11.1. The van der Waals surface area contributed by atoms with Crippen LogP contribution in [0.15, 0.2) is 86.7 Å². The second-order valence-corrected chi connectivity index (χ2v) is 11.7. The van der Waals surface area contributed by atoms with Gasteiger partial charge in [-0.3, -0.25) is 13.9 Å². The van der Waals surface area contributed by atoms with Crippen LogP contribution in [-0.4, -0.2) is 53.2 Å². The highest BCUT2D eigenvalue weighted by Gasteiger charge is 2.28. The summed E-state index contributed by atoms with van der Waals surface area (Å²) in [4.78, 5) is 35.2. The maximum atomic E-state index is 13.6. The van der Waals surface area contributed by atoms with Crippen LogP contribution in [0.3, 0.4) is 0 Å². The van der Waals surface area contributed by atoms with E-state index in [9.17, 15) is 14.0 Å². The van der Waals surface area contributed by atoms with E-state index in [1.54, 1.807) is 35.9 Å². The normalized spacial score (nSPS) is 14.2. The van der Waals surface area contributed by atoms with Crippen LogP contribution in [0.4, 0.5) is 4.39 Å². The molecule has 1 N–H and O–H groups in total. The van der Waals surface area contributed by atoms with Gasteiger partial charge in [0.1, 0.15) is 16.5 Å². The lowest BCUT2D eigenvalue weighted by Gasteiger charge is -2.32. The van der Waals surface area contributed by atoms with Crippen molar-refractivity contribution in [1.29, 1.82) is 0 Å². The lowest BCUT2D eigenvalue weighted by Crippen LogP contribution is -2.40. The molecule has 6 aromatic rings. The molecule has 0 bridgehead atoms. The minimum atomic E-state index is -0.336. The molecule has 0 saturated carbocycles. The average Bonchev–Trinajstić information content (AvgIpc) is 3.82. The van der Waals surface area contributed by atoms with Gasteiger partial charge in [0, 0.05) is 24.5 Å². The summed E-state index contributed by atoms with van der Waals surface area (Å²) in [6.45, 7) is 1.10. The van der Waals surface area contributed by atoms with Crippen LogP contribution >= 0.6 is 23.1 Å². The van der Waals surface area contributed by atoms with Crippen LogP contribution in [-0.2, 0) is 5.75 Å². The molecule has 4 aromatic heterocycles. The third kappa shape index (κ3) is 4.94. The smallest absolute Gasteiger partial charge is 0.326 e. The number of furan rings is 1. The van der Waals surface area contributed by atoms with Crippen molar-refractivity contribution in [1.82, 2.24) is 34.2 Å². The Balaban J connectivity index is 1.03. The van der Waals surface area contributed by atoms with Gasteiger partial charge in [-0.2, -0.15) is 0 Å². The number of nitrogens with one attached hydrogen (secondary N) is 1. The molecule has 42 heavy (non-hydrogen) atoms. The Kier molecular flexibility index (Phi) is 6.96. The Labute approximate surface area is 246 Å². The minimum absolute atomic E-state index is 0.0321. The number of para-hydroxylation sites is 2. The molecular weight excluding hydrogens is 577 g/mol. The Morgan fingerprint density at radius 3 is 2.67 bits per heavy atom. The number of H-pyrrole nitrogens is 1. The van der Waals surface area contributed by atoms with E-state index in [4.69, 9.17) is 4.42 Å². The Bertz CT molecular complexity index is 1920. The topological polar surface area (TPSA) is 115 Å². The molecule has 1 saturated heterocycles. The highest BCUT2D eigenvalue weighted by atomic mass is 32.2. The molecule has 2 aromatic carbocycles. The number of carbonyl (C=O) groups excluding carboxylic acids is 1. The standard InChI is InChI=1S/C29H24FN7O3S2/c30-18-7-9-19(10-8-18)37-26(24-6-3-15-40-24)33-34-29(37)42-17-25-31-22(16-41-25)27(38)35-13-11-20(12-14-35)36-23-5-2-1-4-21(23)32-28(36)39/h1-10,15-16,20H,11-14,17H2,(H,32,39). The summed E-state index contributed by atoms with van der Waals surface area (Å²) >= 11 is 2.84. The number of imidazole rings is 1. The Hall–Kier alpha value is -4.49. The van der Waals surface area contributed by atoms with Crippen LogP contribution in [0.5, 0.6) is 0 Å². The number of hydrogen-bond donors (Lipinski definition) is 1. The van der Waals surface area contributed by atoms with Gasteiger partial charge in [-0.05, 0) is 61.4 Å². The summed E-state index contributed by atoms with van der Waals surface area (Å²) in [6.07, 6.45) is 2.94. The molecular formula is C29H24FN7O3S2. The van der Waals surface area contributed by atoms with Crippen LogP contribution in [0.25, 0.3) is 28.3 Å². The van der Waals surface area contributed by atoms with Crippen molar-refractivity contribution in [2.45, 2.75) is 29.8 Å². The van der Waals surface area contributed by atoms with E-state index in [1.165, 1.54) is 35.2 Å². The molecule has 0 atom stereocenters. The summed E-state index contributed by atoms with van der Waals surface area (Å²) in [7, 11) is 0. The van der Waals surface area contributed by atoms with E-state index in [1.807, 2.05) is 38.3 Å². The molecule has 212 valence electrons. The lowest BCUT2D eigenvalue weighted by atomic mass is 10.0. The molecule has 0 radical (unpaired) electrons. The molecule has 10 nitrogen and oxygen atoms in total. The summed E-state index contributed by atoms with van der Waals surface area (Å²) in [5, 5.41) is 11.8. The van der Waals surface area contributed by atoms with E-state index >= 15 is 0 Å². The van der Waals surface area contributed by atoms with Crippen molar-refractivity contribution in [3.05, 3.63) is 99.3 Å². The first-order chi connectivity index (χ1) is 20.5. The van der Waals surface area contributed by atoms with Crippen LogP contribution < -0.4 is 5.69 Å². The number of fused-ring (bicyclic) bond motifs is 1. The van der Waals surface area contributed by atoms with Gasteiger partial charge in [0.25, 0.3) is 5.91 Å². The molecule has 1 aliphatic heterocycles. The van der Waals surface area contributed by atoms with E-state index in [0.29, 0.717) is 59.8 Å². The predicted molar refractivity (Wildman–Crippen MR) is 157 cm³/mol. The van der Waals surface area contributed by atoms with Crippen LogP contribution in [0.1, 0.15) is 34.4 Å². The van der Waals surface area contributed by atoms with Crippen molar-refractivity contribution >= 4 is 40.0 Å². The molecule has 0 aliphatic carbocycles. The van der Waals surface area contributed by atoms with Crippen molar-refractivity contribution in [3.8, 4) is 17.3 Å². The van der Waals surface area contributed by atoms with Gasteiger partial charge in [0.05, 0.1) is 28.7 Å². The number of aromatic amines is 1. The first kappa shape index (κ1) is 26.4. The average molecular weight is 602 g/mol. The number of likely N-dealkylation sites (tertiary alicyclic amines) is 1. The number of piperidine rings is 1. The van der Waals surface area contributed by atoms with Crippen LogP contribution in [0, 0.1) is 5.82 Å². The SMILES string of the molecule is O=C(c1csc(CSc2nnc(-c3ccco3)n2-c2ccc(F)cc2)n1)N1CCC(n2c(=O)[nH]c3ccccc32)CC1. The summed E-state index contributed by atoms with van der Waals surface area (Å²) in [6, 6.07) is 17.3. The Morgan fingerprint density at radius 1 is 1.07 bits per heavy atom. The number of thioether (sulfide) groups is 1. The summed E-state index contributed by atoms with van der Waals surface area (Å²) < 4.78 is 22.8. The minimum Gasteiger partial charge on any atom is -0.461 e. The predicted octanol–water partition coefficient (Wildman–Crippen LogP) is 5.54. The Morgan fingerprint density at radius 2 is 1.88 bits per heavy atom. The monoisotopic (exact) mass is 601 g/mol. The molecule has 1 aliphatic rings. The molecule has 0 unspecified atom stereocenters. The number of thiazole rings is 1. The van der Waals surface area contributed by atoms with E-state index in [0.717, 1.165) is 16.0 Å². The number of nitrogens with zero attached hydrogens (tertiary/aromatic N) is 6. The lowest BCUT2D eigenvalue weighted by molar-refractivity contribution is 0.0689.